The first-order valence-corrected chi connectivity index (χ1v) is 10.4. The van der Waals surface area contributed by atoms with Gasteiger partial charge >= 0.3 is 0 Å². The Morgan fingerprint density at radius 3 is 2.96 bits per heavy atom. The van der Waals surface area contributed by atoms with Gasteiger partial charge in [-0.1, -0.05) is 0 Å². The van der Waals surface area contributed by atoms with Gasteiger partial charge in [0.2, 0.25) is 0 Å². The Morgan fingerprint density at radius 1 is 1.46 bits per heavy atom. The van der Waals surface area contributed by atoms with E-state index in [0.717, 1.165) is 69.6 Å². The molecule has 26 heavy (non-hydrogen) atoms. The minimum Gasteiger partial charge on any atom is -0.381 e. The van der Waals surface area contributed by atoms with E-state index in [-0.39, 0.29) is 4.75 Å². The summed E-state index contributed by atoms with van der Waals surface area (Å²) in [4.78, 5) is 8.94. The molecule has 0 bridgehead atoms. The Morgan fingerprint density at radius 2 is 2.27 bits per heavy atom. The SMILES string of the molecule is CN=C(NCC1(SC)CCOCC1)NC1CCc2nc(COC)nn2C1. The molecular formula is C17H30N6O2S. The van der Waals surface area contributed by atoms with Gasteiger partial charge in [-0.25, -0.2) is 9.67 Å². The molecule has 1 saturated heterocycles. The zero-order valence-electron chi connectivity index (χ0n) is 16.0. The number of methoxy groups -OCH3 is 1. The van der Waals surface area contributed by atoms with Crippen LogP contribution in [0, 0.1) is 0 Å². The average Bonchev–Trinajstić information content (AvgIpc) is 3.07. The number of aryl methyl sites for hydroxylation is 1. The first kappa shape index (κ1) is 19.4. The van der Waals surface area contributed by atoms with Crippen LogP contribution in [0.3, 0.4) is 0 Å². The van der Waals surface area contributed by atoms with Crippen LogP contribution in [0.5, 0.6) is 0 Å². The number of thioether (sulfide) groups is 1. The normalized spacial score (nSPS) is 22.7. The van der Waals surface area contributed by atoms with Crippen molar-refractivity contribution in [1.29, 1.82) is 0 Å². The Labute approximate surface area is 159 Å². The second-order valence-corrected chi connectivity index (χ2v) is 8.14. The Kier molecular flexibility index (Phi) is 6.77. The van der Waals surface area contributed by atoms with E-state index in [4.69, 9.17) is 9.47 Å². The number of ether oxygens (including phenoxy) is 2. The van der Waals surface area contributed by atoms with E-state index in [1.165, 1.54) is 0 Å². The molecule has 1 aromatic heterocycles. The van der Waals surface area contributed by atoms with Crippen LogP contribution in [-0.4, -0.2) is 71.7 Å². The van der Waals surface area contributed by atoms with Gasteiger partial charge in [-0.05, 0) is 25.5 Å². The molecule has 3 heterocycles. The number of nitrogens with one attached hydrogen (secondary N) is 2. The lowest BCUT2D eigenvalue weighted by atomic mass is 9.99. The first-order chi connectivity index (χ1) is 12.7. The molecular weight excluding hydrogens is 352 g/mol. The molecule has 2 N–H and O–H groups in total. The van der Waals surface area contributed by atoms with Gasteiger partial charge in [0.1, 0.15) is 12.4 Å². The van der Waals surface area contributed by atoms with Crippen LogP contribution < -0.4 is 10.6 Å². The molecule has 146 valence electrons. The van der Waals surface area contributed by atoms with Crippen molar-refractivity contribution in [1.82, 2.24) is 25.4 Å². The molecule has 3 rings (SSSR count). The maximum atomic E-state index is 5.52. The summed E-state index contributed by atoms with van der Waals surface area (Å²) >= 11 is 1.93. The van der Waals surface area contributed by atoms with E-state index < -0.39 is 0 Å². The van der Waals surface area contributed by atoms with E-state index in [0.29, 0.717) is 12.6 Å². The van der Waals surface area contributed by atoms with Gasteiger partial charge in [-0.2, -0.15) is 16.9 Å². The minimum atomic E-state index is 0.233. The molecule has 0 radical (unpaired) electrons. The quantitative estimate of drug-likeness (QED) is 0.556. The fourth-order valence-electron chi connectivity index (χ4n) is 3.50. The summed E-state index contributed by atoms with van der Waals surface area (Å²) < 4.78 is 12.9. The van der Waals surface area contributed by atoms with Gasteiger partial charge in [0.25, 0.3) is 0 Å². The molecule has 2 aliphatic heterocycles. The highest BCUT2D eigenvalue weighted by molar-refractivity contribution is 8.00. The molecule has 0 saturated carbocycles. The molecule has 8 nitrogen and oxygen atoms in total. The molecule has 0 spiro atoms. The summed E-state index contributed by atoms with van der Waals surface area (Å²) in [7, 11) is 3.49. The van der Waals surface area contributed by atoms with Gasteiger partial charge in [0.05, 0.1) is 6.54 Å². The van der Waals surface area contributed by atoms with Crippen LogP contribution in [0.15, 0.2) is 4.99 Å². The van der Waals surface area contributed by atoms with Crippen molar-refractivity contribution in [2.24, 2.45) is 4.99 Å². The van der Waals surface area contributed by atoms with Crippen molar-refractivity contribution in [3.63, 3.8) is 0 Å². The summed E-state index contributed by atoms with van der Waals surface area (Å²) in [6.07, 6.45) is 6.28. The van der Waals surface area contributed by atoms with Crippen LogP contribution >= 0.6 is 11.8 Å². The van der Waals surface area contributed by atoms with Crippen molar-refractivity contribution in [2.45, 2.75) is 49.6 Å². The molecule has 9 heteroatoms. The molecule has 0 amide bonds. The maximum absolute atomic E-state index is 5.52. The van der Waals surface area contributed by atoms with Gasteiger partial charge in [-0.3, -0.25) is 4.99 Å². The fraction of sp³-hybridized carbons (Fsp3) is 0.824. The lowest BCUT2D eigenvalue weighted by Crippen LogP contribution is -2.51. The number of aromatic nitrogens is 3. The Balaban J connectivity index is 1.53. The van der Waals surface area contributed by atoms with E-state index in [9.17, 15) is 0 Å². The van der Waals surface area contributed by atoms with Gasteiger partial charge < -0.3 is 20.1 Å². The van der Waals surface area contributed by atoms with Crippen LogP contribution in [0.4, 0.5) is 0 Å². The number of aliphatic imine (C=N–C) groups is 1. The number of rotatable bonds is 6. The molecule has 0 aromatic carbocycles. The second kappa shape index (κ2) is 9.05. The van der Waals surface area contributed by atoms with Crippen LogP contribution in [0.1, 0.15) is 30.9 Å². The number of hydrogen-bond donors (Lipinski definition) is 2. The first-order valence-electron chi connectivity index (χ1n) is 9.19. The largest absolute Gasteiger partial charge is 0.381 e. The zero-order valence-corrected chi connectivity index (χ0v) is 16.8. The highest BCUT2D eigenvalue weighted by Gasteiger charge is 2.32. The maximum Gasteiger partial charge on any atom is 0.191 e. The number of guanidine groups is 1. The minimum absolute atomic E-state index is 0.233. The van der Waals surface area contributed by atoms with Crippen LogP contribution in [0.2, 0.25) is 0 Å². The smallest absolute Gasteiger partial charge is 0.191 e. The topological polar surface area (TPSA) is 85.6 Å². The highest BCUT2D eigenvalue weighted by atomic mass is 32.2. The summed E-state index contributed by atoms with van der Waals surface area (Å²) in [6, 6.07) is 0.297. The molecule has 1 fully saturated rings. The summed E-state index contributed by atoms with van der Waals surface area (Å²) in [5, 5.41) is 11.6. The predicted octanol–water partition coefficient (Wildman–Crippen LogP) is 0.817. The zero-order chi connectivity index (χ0) is 18.4. The second-order valence-electron chi connectivity index (χ2n) is 6.86. The Hall–Kier alpha value is -1.32. The average molecular weight is 383 g/mol. The summed E-state index contributed by atoms with van der Waals surface area (Å²) in [5.41, 5.74) is 0. The lowest BCUT2D eigenvalue weighted by molar-refractivity contribution is 0.0782. The van der Waals surface area contributed by atoms with Crippen molar-refractivity contribution >= 4 is 17.7 Å². The summed E-state index contributed by atoms with van der Waals surface area (Å²) in [5.74, 6) is 2.66. The van der Waals surface area contributed by atoms with E-state index in [1.54, 1.807) is 7.11 Å². The predicted molar refractivity (Wildman–Crippen MR) is 104 cm³/mol. The molecule has 2 aliphatic rings. The standard InChI is InChI=1S/C17H30N6O2S/c1-18-16(19-12-17(26-3)6-8-25-9-7-17)20-13-4-5-15-21-14(11-24-2)22-23(15)10-13/h13H,4-12H2,1-3H3,(H2,18,19,20). The third-order valence-electron chi connectivity index (χ3n) is 5.15. The number of fused-ring (bicyclic) bond motifs is 1. The molecule has 0 aliphatic carbocycles. The van der Waals surface area contributed by atoms with Crippen LogP contribution in [-0.2, 0) is 29.0 Å². The van der Waals surface area contributed by atoms with E-state index in [2.05, 4.69) is 32.0 Å². The number of nitrogens with zero attached hydrogens (tertiary/aromatic N) is 4. The monoisotopic (exact) mass is 382 g/mol. The van der Waals surface area contributed by atoms with Crippen molar-refractivity contribution in [3.05, 3.63) is 11.6 Å². The number of hydrogen-bond acceptors (Lipinski definition) is 6. The summed E-state index contributed by atoms with van der Waals surface area (Å²) in [6.45, 7) is 3.85. The molecule has 1 aromatic rings. The highest BCUT2D eigenvalue weighted by Crippen LogP contribution is 2.32. The molecule has 1 unspecified atom stereocenters. The van der Waals surface area contributed by atoms with Gasteiger partial charge in [0.15, 0.2) is 11.8 Å². The van der Waals surface area contributed by atoms with Gasteiger partial charge in [-0.15, -0.1) is 0 Å². The third-order valence-corrected chi connectivity index (χ3v) is 6.57. The van der Waals surface area contributed by atoms with Crippen molar-refractivity contribution in [3.8, 4) is 0 Å². The third kappa shape index (κ3) is 4.69. The van der Waals surface area contributed by atoms with Gasteiger partial charge in [0, 0.05) is 51.1 Å². The lowest BCUT2D eigenvalue weighted by Gasteiger charge is -2.36. The van der Waals surface area contributed by atoms with E-state index >= 15 is 0 Å². The van der Waals surface area contributed by atoms with E-state index in [1.807, 2.05) is 23.5 Å². The Bertz CT molecular complexity index is 614. The van der Waals surface area contributed by atoms with Crippen LogP contribution in [0.25, 0.3) is 0 Å². The molecule has 1 atom stereocenters. The van der Waals surface area contributed by atoms with Crippen molar-refractivity contribution < 1.29 is 9.47 Å². The fourth-order valence-corrected chi connectivity index (χ4v) is 4.29. The van der Waals surface area contributed by atoms with Crippen molar-refractivity contribution in [2.75, 3.05) is 40.2 Å².